The number of nitrogens with zero attached hydrogens (tertiary/aromatic N) is 2. The minimum atomic E-state index is -0.461. The molecule has 6 heteroatoms. The summed E-state index contributed by atoms with van der Waals surface area (Å²) in [6.45, 7) is 5.07. The Morgan fingerprint density at radius 2 is 2.29 bits per heavy atom. The SMILES string of the molecule is COc1cc(OCCCN2CCCC2C)ccc1[N+](=O)[O-]. The van der Waals surface area contributed by atoms with Crippen molar-refractivity contribution in [3.05, 3.63) is 28.3 Å². The molecule has 1 unspecified atom stereocenters. The predicted molar refractivity (Wildman–Crippen MR) is 80.0 cm³/mol. The number of nitro groups is 1. The Balaban J connectivity index is 1.81. The number of hydrogen-bond acceptors (Lipinski definition) is 5. The van der Waals surface area contributed by atoms with E-state index >= 15 is 0 Å². The maximum Gasteiger partial charge on any atom is 0.311 e. The first kappa shape index (κ1) is 15.6. The van der Waals surface area contributed by atoms with Gasteiger partial charge in [0.1, 0.15) is 5.75 Å². The number of nitro benzene ring substituents is 1. The summed E-state index contributed by atoms with van der Waals surface area (Å²) in [6.07, 6.45) is 3.51. The van der Waals surface area contributed by atoms with Gasteiger partial charge in [-0.15, -0.1) is 0 Å². The lowest BCUT2D eigenvalue weighted by Crippen LogP contribution is -2.28. The molecule has 1 aromatic rings. The lowest BCUT2D eigenvalue weighted by Gasteiger charge is -2.20. The van der Waals surface area contributed by atoms with E-state index < -0.39 is 4.92 Å². The van der Waals surface area contributed by atoms with E-state index in [2.05, 4.69) is 11.8 Å². The highest BCUT2D eigenvalue weighted by atomic mass is 16.6. The van der Waals surface area contributed by atoms with Gasteiger partial charge in [-0.1, -0.05) is 0 Å². The van der Waals surface area contributed by atoms with Gasteiger partial charge >= 0.3 is 5.69 Å². The summed E-state index contributed by atoms with van der Waals surface area (Å²) < 4.78 is 10.7. The number of benzene rings is 1. The minimum absolute atomic E-state index is 0.0456. The molecule has 1 heterocycles. The summed E-state index contributed by atoms with van der Waals surface area (Å²) >= 11 is 0. The Labute approximate surface area is 124 Å². The Hall–Kier alpha value is -1.82. The summed E-state index contributed by atoms with van der Waals surface area (Å²) in [5, 5.41) is 10.8. The molecule has 1 atom stereocenters. The topological polar surface area (TPSA) is 64.8 Å². The number of likely N-dealkylation sites (tertiary alicyclic amines) is 1. The fourth-order valence-corrected chi connectivity index (χ4v) is 2.68. The van der Waals surface area contributed by atoms with Crippen LogP contribution in [-0.4, -0.2) is 42.7 Å². The molecule has 21 heavy (non-hydrogen) atoms. The van der Waals surface area contributed by atoms with E-state index in [1.807, 2.05) is 0 Å². The lowest BCUT2D eigenvalue weighted by atomic mass is 10.2. The van der Waals surface area contributed by atoms with Gasteiger partial charge in [0.05, 0.1) is 18.6 Å². The van der Waals surface area contributed by atoms with Crippen molar-refractivity contribution in [3.8, 4) is 11.5 Å². The Morgan fingerprint density at radius 3 is 2.90 bits per heavy atom. The van der Waals surface area contributed by atoms with Crippen molar-refractivity contribution in [2.75, 3.05) is 26.8 Å². The second kappa shape index (κ2) is 7.26. The summed E-state index contributed by atoms with van der Waals surface area (Å²) in [6, 6.07) is 5.26. The highest BCUT2D eigenvalue weighted by Crippen LogP contribution is 2.30. The smallest absolute Gasteiger partial charge is 0.311 e. The Kier molecular flexibility index (Phi) is 5.38. The Morgan fingerprint density at radius 1 is 1.48 bits per heavy atom. The van der Waals surface area contributed by atoms with Gasteiger partial charge in [0.15, 0.2) is 0 Å². The Bertz CT molecular complexity index is 493. The second-order valence-electron chi connectivity index (χ2n) is 5.32. The van der Waals surface area contributed by atoms with E-state index in [0.717, 1.165) is 13.0 Å². The highest BCUT2D eigenvalue weighted by molar-refractivity contribution is 5.50. The van der Waals surface area contributed by atoms with Gasteiger partial charge in [-0.2, -0.15) is 0 Å². The third kappa shape index (κ3) is 4.07. The molecule has 0 amide bonds. The van der Waals surface area contributed by atoms with Crippen molar-refractivity contribution >= 4 is 5.69 Å². The molecule has 1 aliphatic heterocycles. The van der Waals surface area contributed by atoms with Crippen LogP contribution in [0.15, 0.2) is 18.2 Å². The van der Waals surface area contributed by atoms with E-state index in [0.29, 0.717) is 18.4 Å². The van der Waals surface area contributed by atoms with Crippen molar-refractivity contribution in [3.63, 3.8) is 0 Å². The first-order valence-corrected chi connectivity index (χ1v) is 7.31. The van der Waals surface area contributed by atoms with Gasteiger partial charge in [-0.25, -0.2) is 0 Å². The van der Waals surface area contributed by atoms with Crippen LogP contribution in [0, 0.1) is 10.1 Å². The van der Waals surface area contributed by atoms with Gasteiger partial charge in [-0.05, 0) is 38.8 Å². The molecule has 1 saturated heterocycles. The molecule has 0 saturated carbocycles. The third-order valence-corrected chi connectivity index (χ3v) is 3.90. The van der Waals surface area contributed by atoms with Crippen molar-refractivity contribution in [1.29, 1.82) is 0 Å². The molecule has 0 spiro atoms. The van der Waals surface area contributed by atoms with E-state index in [1.165, 1.54) is 32.6 Å². The zero-order valence-corrected chi connectivity index (χ0v) is 12.6. The van der Waals surface area contributed by atoms with E-state index in [4.69, 9.17) is 9.47 Å². The maximum absolute atomic E-state index is 10.8. The molecule has 0 bridgehead atoms. The average Bonchev–Trinajstić information content (AvgIpc) is 2.88. The maximum atomic E-state index is 10.8. The summed E-state index contributed by atoms with van der Waals surface area (Å²) in [4.78, 5) is 12.8. The van der Waals surface area contributed by atoms with Gasteiger partial charge in [0.25, 0.3) is 0 Å². The molecule has 0 aliphatic carbocycles. The first-order valence-electron chi connectivity index (χ1n) is 7.31. The molecule has 116 valence electrons. The van der Waals surface area contributed by atoms with Gasteiger partial charge in [-0.3, -0.25) is 10.1 Å². The van der Waals surface area contributed by atoms with Crippen molar-refractivity contribution < 1.29 is 14.4 Å². The van der Waals surface area contributed by atoms with E-state index in [1.54, 1.807) is 12.1 Å². The molecule has 6 nitrogen and oxygen atoms in total. The number of ether oxygens (including phenoxy) is 2. The molecule has 0 radical (unpaired) electrons. The molecule has 1 fully saturated rings. The fourth-order valence-electron chi connectivity index (χ4n) is 2.68. The monoisotopic (exact) mass is 294 g/mol. The fraction of sp³-hybridized carbons (Fsp3) is 0.600. The van der Waals surface area contributed by atoms with E-state index in [9.17, 15) is 10.1 Å². The number of rotatable bonds is 7. The zero-order valence-electron chi connectivity index (χ0n) is 12.6. The summed E-state index contributed by atoms with van der Waals surface area (Å²) in [5.74, 6) is 0.831. The van der Waals surface area contributed by atoms with Crippen LogP contribution in [-0.2, 0) is 0 Å². The van der Waals surface area contributed by atoms with Crippen LogP contribution in [0.5, 0.6) is 11.5 Å². The molecule has 2 rings (SSSR count). The average molecular weight is 294 g/mol. The zero-order chi connectivity index (χ0) is 15.2. The number of hydrogen-bond donors (Lipinski definition) is 0. The van der Waals surface area contributed by atoms with Crippen molar-refractivity contribution in [2.45, 2.75) is 32.2 Å². The summed E-state index contributed by atoms with van der Waals surface area (Å²) in [7, 11) is 1.42. The molecule has 1 aliphatic rings. The first-order chi connectivity index (χ1) is 10.1. The lowest BCUT2D eigenvalue weighted by molar-refractivity contribution is -0.385. The van der Waals surface area contributed by atoms with Crippen LogP contribution in [0.1, 0.15) is 26.2 Å². The van der Waals surface area contributed by atoms with Gasteiger partial charge < -0.3 is 14.4 Å². The third-order valence-electron chi connectivity index (χ3n) is 3.90. The molecule has 1 aromatic carbocycles. The second-order valence-corrected chi connectivity index (χ2v) is 5.32. The predicted octanol–water partition coefficient (Wildman–Crippen LogP) is 2.86. The normalized spacial score (nSPS) is 18.7. The minimum Gasteiger partial charge on any atom is -0.493 e. The van der Waals surface area contributed by atoms with Crippen LogP contribution in [0.25, 0.3) is 0 Å². The molecular weight excluding hydrogens is 272 g/mol. The summed E-state index contributed by atoms with van der Waals surface area (Å²) in [5.41, 5.74) is -0.0456. The van der Waals surface area contributed by atoms with Crippen LogP contribution in [0.4, 0.5) is 5.69 Å². The standard InChI is InChI=1S/C15H22N2O4/c1-12-5-3-8-16(12)9-4-10-21-13-6-7-14(17(18)19)15(11-13)20-2/h6-7,11-12H,3-5,8-10H2,1-2H3. The number of methoxy groups -OCH3 is 1. The highest BCUT2D eigenvalue weighted by Gasteiger charge is 2.19. The van der Waals surface area contributed by atoms with Crippen LogP contribution >= 0.6 is 0 Å². The van der Waals surface area contributed by atoms with Gasteiger partial charge in [0, 0.05) is 24.7 Å². The van der Waals surface area contributed by atoms with Crippen molar-refractivity contribution in [1.82, 2.24) is 4.90 Å². The van der Waals surface area contributed by atoms with Gasteiger partial charge in [0.2, 0.25) is 5.75 Å². The van der Waals surface area contributed by atoms with Crippen molar-refractivity contribution in [2.24, 2.45) is 0 Å². The molecular formula is C15H22N2O4. The van der Waals surface area contributed by atoms with E-state index in [-0.39, 0.29) is 11.4 Å². The van der Waals surface area contributed by atoms with Crippen LogP contribution < -0.4 is 9.47 Å². The largest absolute Gasteiger partial charge is 0.493 e. The van der Waals surface area contributed by atoms with Crippen LogP contribution in [0.2, 0.25) is 0 Å². The quantitative estimate of drug-likeness (QED) is 0.439. The molecule has 0 N–H and O–H groups in total. The molecule has 0 aromatic heterocycles. The van der Waals surface area contributed by atoms with Crippen LogP contribution in [0.3, 0.4) is 0 Å².